The average Bonchev–Trinajstić information content (AvgIpc) is 2.18. The van der Waals surface area contributed by atoms with E-state index in [1.54, 1.807) is 0 Å². The number of esters is 1. The number of rotatable bonds is 2. The number of nitrogens with zero attached hydrogens (tertiary/aromatic N) is 4. The number of azide groups is 1. The molecule has 0 saturated carbocycles. The summed E-state index contributed by atoms with van der Waals surface area (Å²) < 4.78 is 4.46. The van der Waals surface area contributed by atoms with Crippen LogP contribution in [0.4, 0.5) is 5.69 Å². The molecule has 0 unspecified atom stereocenters. The lowest BCUT2D eigenvalue weighted by Crippen LogP contribution is -2.03. The molecule has 6 nitrogen and oxygen atoms in total. The van der Waals surface area contributed by atoms with Gasteiger partial charge in [0, 0.05) is 11.1 Å². The van der Waals surface area contributed by atoms with Crippen LogP contribution in [-0.2, 0) is 4.74 Å². The summed E-state index contributed by atoms with van der Waals surface area (Å²) >= 11 is 5.64. The van der Waals surface area contributed by atoms with Gasteiger partial charge >= 0.3 is 5.97 Å². The fraction of sp³-hybridized carbons (Fsp3) is 0.143. The highest BCUT2D eigenvalue weighted by Crippen LogP contribution is 2.25. The third-order valence-corrected chi connectivity index (χ3v) is 1.71. The quantitative estimate of drug-likeness (QED) is 0.248. The number of hydrogen-bond donors (Lipinski definition) is 0. The maximum atomic E-state index is 11.2. The Morgan fingerprint density at radius 1 is 1.79 bits per heavy atom. The van der Waals surface area contributed by atoms with Gasteiger partial charge in [-0.05, 0) is 11.6 Å². The molecule has 0 aromatic carbocycles. The fourth-order valence-electron chi connectivity index (χ4n) is 0.849. The van der Waals surface area contributed by atoms with Crippen LogP contribution in [0.1, 0.15) is 10.4 Å². The van der Waals surface area contributed by atoms with Gasteiger partial charge in [0.25, 0.3) is 0 Å². The molecule has 0 saturated heterocycles. The summed E-state index contributed by atoms with van der Waals surface area (Å²) in [6.07, 6.45) is 1.33. The largest absolute Gasteiger partial charge is 0.465 e. The molecule has 1 aromatic heterocycles. The second-order valence-electron chi connectivity index (χ2n) is 2.18. The molecule has 72 valence electrons. The predicted octanol–water partition coefficient (Wildman–Crippen LogP) is 2.46. The minimum absolute atomic E-state index is 0.0329. The first-order chi connectivity index (χ1) is 6.70. The van der Waals surface area contributed by atoms with Crippen molar-refractivity contribution < 1.29 is 9.53 Å². The number of carbonyl (C=O) groups is 1. The third-order valence-electron chi connectivity index (χ3n) is 1.42. The van der Waals surface area contributed by atoms with Gasteiger partial charge in [0.2, 0.25) is 0 Å². The summed E-state index contributed by atoms with van der Waals surface area (Å²) in [5.41, 5.74) is 8.30. The van der Waals surface area contributed by atoms with Gasteiger partial charge in [-0.15, -0.1) is 0 Å². The Morgan fingerprint density at radius 3 is 3.07 bits per heavy atom. The van der Waals surface area contributed by atoms with Crippen LogP contribution in [0.3, 0.4) is 0 Å². The van der Waals surface area contributed by atoms with Gasteiger partial charge in [0.15, 0.2) is 0 Å². The van der Waals surface area contributed by atoms with E-state index in [0.29, 0.717) is 0 Å². The van der Waals surface area contributed by atoms with Crippen molar-refractivity contribution in [2.75, 3.05) is 7.11 Å². The zero-order valence-electron chi connectivity index (χ0n) is 7.14. The lowest BCUT2D eigenvalue weighted by Gasteiger charge is -2.03. The van der Waals surface area contributed by atoms with Crippen molar-refractivity contribution in [3.05, 3.63) is 33.4 Å². The second kappa shape index (κ2) is 4.45. The number of carbonyl (C=O) groups excluding carboxylic acids is 1. The van der Waals surface area contributed by atoms with E-state index in [1.165, 1.54) is 19.4 Å². The van der Waals surface area contributed by atoms with Gasteiger partial charge in [-0.1, -0.05) is 16.7 Å². The number of aromatic nitrogens is 1. The normalized spacial score (nSPS) is 9.00. The molecule has 0 aliphatic heterocycles. The SMILES string of the molecule is COC(=O)c1c(N=[N+]=[N-])ccnc1Cl. The second-order valence-corrected chi connectivity index (χ2v) is 2.53. The Hall–Kier alpha value is -1.78. The molecular formula is C7H5ClN4O2. The Balaban J connectivity index is 3.36. The van der Waals surface area contributed by atoms with Crippen molar-refractivity contribution in [2.24, 2.45) is 5.11 Å². The Labute approximate surface area is 84.1 Å². The predicted molar refractivity (Wildman–Crippen MR) is 49.4 cm³/mol. The molecular weight excluding hydrogens is 208 g/mol. The van der Waals surface area contributed by atoms with E-state index in [1.807, 2.05) is 0 Å². The van der Waals surface area contributed by atoms with Crippen molar-refractivity contribution in [3.8, 4) is 0 Å². The van der Waals surface area contributed by atoms with E-state index in [-0.39, 0.29) is 16.4 Å². The third kappa shape index (κ3) is 1.93. The topological polar surface area (TPSA) is 88.0 Å². The molecule has 7 heteroatoms. The van der Waals surface area contributed by atoms with Crippen molar-refractivity contribution >= 4 is 23.3 Å². The number of pyridine rings is 1. The Bertz CT molecular complexity index is 414. The van der Waals surface area contributed by atoms with Crippen LogP contribution in [0.5, 0.6) is 0 Å². The molecule has 0 atom stereocenters. The molecule has 0 aliphatic carbocycles. The Morgan fingerprint density at radius 2 is 2.50 bits per heavy atom. The summed E-state index contributed by atoms with van der Waals surface area (Å²) in [4.78, 5) is 17.4. The van der Waals surface area contributed by atoms with Crippen LogP contribution in [0.2, 0.25) is 5.15 Å². The molecule has 0 amide bonds. The van der Waals surface area contributed by atoms with Gasteiger partial charge < -0.3 is 4.74 Å². The minimum atomic E-state index is -0.689. The van der Waals surface area contributed by atoms with Gasteiger partial charge in [0.1, 0.15) is 10.7 Å². The first-order valence-corrected chi connectivity index (χ1v) is 3.86. The smallest absolute Gasteiger partial charge is 0.341 e. The van der Waals surface area contributed by atoms with Gasteiger partial charge in [-0.2, -0.15) is 0 Å². The highest BCUT2D eigenvalue weighted by Gasteiger charge is 2.15. The first-order valence-electron chi connectivity index (χ1n) is 3.48. The minimum Gasteiger partial charge on any atom is -0.465 e. The van der Waals surface area contributed by atoms with Crippen LogP contribution < -0.4 is 0 Å². The van der Waals surface area contributed by atoms with Crippen molar-refractivity contribution in [3.63, 3.8) is 0 Å². The van der Waals surface area contributed by atoms with Crippen LogP contribution in [-0.4, -0.2) is 18.1 Å². The highest BCUT2D eigenvalue weighted by atomic mass is 35.5. The van der Waals surface area contributed by atoms with Crippen LogP contribution >= 0.6 is 11.6 Å². The van der Waals surface area contributed by atoms with Gasteiger partial charge in [-0.3, -0.25) is 0 Å². The van der Waals surface area contributed by atoms with E-state index in [4.69, 9.17) is 17.1 Å². The maximum absolute atomic E-state index is 11.2. The molecule has 1 heterocycles. The number of methoxy groups -OCH3 is 1. The molecule has 0 aliphatic rings. The van der Waals surface area contributed by atoms with Crippen molar-refractivity contribution in [2.45, 2.75) is 0 Å². The summed E-state index contributed by atoms with van der Waals surface area (Å²) in [6.45, 7) is 0. The molecule has 0 fully saturated rings. The van der Waals surface area contributed by atoms with Crippen LogP contribution in [0.15, 0.2) is 17.4 Å². The van der Waals surface area contributed by atoms with Crippen LogP contribution in [0, 0.1) is 0 Å². The molecule has 0 spiro atoms. The summed E-state index contributed by atoms with van der Waals surface area (Å²) in [5, 5.41) is 3.24. The number of halogens is 1. The van der Waals surface area contributed by atoms with Crippen molar-refractivity contribution in [1.82, 2.24) is 4.98 Å². The summed E-state index contributed by atoms with van der Waals surface area (Å²) in [5.74, 6) is -0.689. The van der Waals surface area contributed by atoms with Gasteiger partial charge in [0.05, 0.1) is 12.8 Å². The zero-order valence-corrected chi connectivity index (χ0v) is 7.89. The lowest BCUT2D eigenvalue weighted by molar-refractivity contribution is 0.0601. The lowest BCUT2D eigenvalue weighted by atomic mass is 10.2. The molecule has 0 bridgehead atoms. The van der Waals surface area contributed by atoms with E-state index in [0.717, 1.165) is 0 Å². The number of ether oxygens (including phenoxy) is 1. The average molecular weight is 213 g/mol. The first kappa shape index (κ1) is 10.3. The maximum Gasteiger partial charge on any atom is 0.341 e. The van der Waals surface area contributed by atoms with Crippen LogP contribution in [0.25, 0.3) is 10.4 Å². The standard InChI is InChI=1S/C7H5ClN4O2/c1-14-7(13)5-4(11-12-9)2-3-10-6(5)8/h2-3H,1H3. The molecule has 14 heavy (non-hydrogen) atoms. The van der Waals surface area contributed by atoms with Crippen molar-refractivity contribution in [1.29, 1.82) is 0 Å². The highest BCUT2D eigenvalue weighted by molar-refractivity contribution is 6.33. The van der Waals surface area contributed by atoms with E-state index >= 15 is 0 Å². The zero-order chi connectivity index (χ0) is 10.6. The van der Waals surface area contributed by atoms with Gasteiger partial charge in [-0.25, -0.2) is 9.78 Å². The Kier molecular flexibility index (Phi) is 3.28. The summed E-state index contributed by atoms with van der Waals surface area (Å²) in [6, 6.07) is 1.37. The fourth-order valence-corrected chi connectivity index (χ4v) is 1.08. The number of hydrogen-bond acceptors (Lipinski definition) is 4. The van der Waals surface area contributed by atoms with E-state index in [2.05, 4.69) is 19.7 Å². The monoisotopic (exact) mass is 212 g/mol. The summed E-state index contributed by atoms with van der Waals surface area (Å²) in [7, 11) is 1.20. The molecule has 1 rings (SSSR count). The molecule has 0 radical (unpaired) electrons. The van der Waals surface area contributed by atoms with E-state index < -0.39 is 5.97 Å². The molecule has 0 N–H and O–H groups in total. The molecule has 1 aromatic rings. The van der Waals surface area contributed by atoms with E-state index in [9.17, 15) is 4.79 Å².